The number of methoxy groups -OCH3 is 2. The fourth-order valence-electron chi connectivity index (χ4n) is 6.43. The molecule has 0 saturated carbocycles. The van der Waals surface area contributed by atoms with Crippen molar-refractivity contribution in [1.29, 1.82) is 0 Å². The van der Waals surface area contributed by atoms with Crippen molar-refractivity contribution in [3.63, 3.8) is 0 Å². The highest BCUT2D eigenvalue weighted by Crippen LogP contribution is 2.43. The van der Waals surface area contributed by atoms with Crippen LogP contribution in [0.4, 0.5) is 5.82 Å². The summed E-state index contributed by atoms with van der Waals surface area (Å²) in [5.74, 6) is 0.706. The van der Waals surface area contributed by atoms with Crippen LogP contribution in [0, 0.1) is 0 Å². The number of hydrogen-bond acceptors (Lipinski definition) is 12. The fraction of sp³-hybridized carbons (Fsp3) is 0.351. The number of anilines is 1. The van der Waals surface area contributed by atoms with Crippen LogP contribution < -0.4 is 20.5 Å². The molecule has 1 amide bonds. The molecule has 0 bridgehead atoms. The molecule has 0 spiro atoms. The SMILES string of the molecule is COc1ccc(C(OC[C@H]2O[C@@H](n3ccc(NC(C)=O)nc3=O)C(OC(=S)N3CCS(=O)(=O)CC3)[C@H]2O)(c2ccccc2)c2ccc(OC)cc2)cc1. The molecular weight excluding hydrogens is 725 g/mol. The minimum Gasteiger partial charge on any atom is -0.497 e. The van der Waals surface area contributed by atoms with Crippen LogP contribution >= 0.6 is 12.2 Å². The van der Waals surface area contributed by atoms with Crippen molar-refractivity contribution in [2.75, 3.05) is 50.7 Å². The molecule has 3 heterocycles. The van der Waals surface area contributed by atoms with Crippen molar-refractivity contribution in [3.05, 3.63) is 118 Å². The van der Waals surface area contributed by atoms with E-state index in [1.807, 2.05) is 78.9 Å². The average Bonchev–Trinajstić information content (AvgIpc) is 3.46. The predicted molar refractivity (Wildman–Crippen MR) is 199 cm³/mol. The molecule has 16 heteroatoms. The Hall–Kier alpha value is -4.87. The number of rotatable bonds is 11. The van der Waals surface area contributed by atoms with Gasteiger partial charge in [-0.1, -0.05) is 54.6 Å². The molecule has 4 atom stereocenters. The summed E-state index contributed by atoms with van der Waals surface area (Å²) >= 11 is 5.58. The van der Waals surface area contributed by atoms with Gasteiger partial charge in [0.05, 0.1) is 32.3 Å². The topological polar surface area (TPSA) is 168 Å². The van der Waals surface area contributed by atoms with Crippen LogP contribution in [0.3, 0.4) is 0 Å². The molecular formula is C37H40N4O10S2. The van der Waals surface area contributed by atoms with Gasteiger partial charge >= 0.3 is 5.69 Å². The number of amides is 1. The zero-order valence-corrected chi connectivity index (χ0v) is 30.9. The maximum Gasteiger partial charge on any atom is 0.351 e. The van der Waals surface area contributed by atoms with Gasteiger partial charge in [-0.2, -0.15) is 4.98 Å². The molecule has 2 aliphatic heterocycles. The van der Waals surface area contributed by atoms with Crippen LogP contribution in [0.25, 0.3) is 0 Å². The Balaban J connectivity index is 1.37. The maximum atomic E-state index is 13.3. The molecule has 4 aromatic rings. The standard InChI is InChI=1S/C37H40N4O10S2/c1-24(42)38-31-17-18-41(35(44)39-31)34-33(51-36(52)40-19-21-53(45,46)22-20-40)32(43)30(50-34)23-49-37(25-7-5-4-6-8-25,26-9-13-28(47-2)14-10-26)27-11-15-29(48-3)16-12-27/h4-18,30,32-34,43H,19-23H2,1-3H3,(H,38,39,42,44)/t30-,32+,33?,34-/m1/s1. The Bertz CT molecular complexity index is 2020. The van der Waals surface area contributed by atoms with Crippen molar-refractivity contribution in [3.8, 4) is 11.5 Å². The minimum atomic E-state index is -3.21. The molecule has 53 heavy (non-hydrogen) atoms. The van der Waals surface area contributed by atoms with E-state index in [0.29, 0.717) is 11.5 Å². The lowest BCUT2D eigenvalue weighted by Crippen LogP contribution is -2.47. The lowest BCUT2D eigenvalue weighted by atomic mass is 9.80. The number of carbonyl (C=O) groups excluding carboxylic acids is 1. The van der Waals surface area contributed by atoms with E-state index in [9.17, 15) is 23.1 Å². The predicted octanol–water partition coefficient (Wildman–Crippen LogP) is 2.89. The number of nitrogens with zero attached hydrogens (tertiary/aromatic N) is 3. The lowest BCUT2D eigenvalue weighted by Gasteiger charge is -2.37. The molecule has 14 nitrogen and oxygen atoms in total. The van der Waals surface area contributed by atoms with Crippen LogP contribution in [0.2, 0.25) is 0 Å². The van der Waals surface area contributed by atoms with E-state index in [0.717, 1.165) is 21.3 Å². The molecule has 6 rings (SSSR count). The minimum absolute atomic E-state index is 0.0336. The van der Waals surface area contributed by atoms with Crippen LogP contribution in [0.15, 0.2) is 95.9 Å². The molecule has 0 radical (unpaired) electrons. The Kier molecular flexibility index (Phi) is 11.4. The summed E-state index contributed by atoms with van der Waals surface area (Å²) in [6.45, 7) is 1.31. The lowest BCUT2D eigenvalue weighted by molar-refractivity contribution is -0.114. The van der Waals surface area contributed by atoms with E-state index in [4.69, 9.17) is 35.9 Å². The number of nitrogens with one attached hydrogen (secondary N) is 1. The second-order valence-corrected chi connectivity index (χ2v) is 15.2. The van der Waals surface area contributed by atoms with Crippen molar-refractivity contribution in [2.45, 2.75) is 37.1 Å². The number of thiocarbonyl (C=S) groups is 1. The molecule has 0 aliphatic carbocycles. The second kappa shape index (κ2) is 16.0. The first kappa shape index (κ1) is 37.9. The molecule has 2 saturated heterocycles. The summed E-state index contributed by atoms with van der Waals surface area (Å²) < 4.78 is 55.7. The van der Waals surface area contributed by atoms with E-state index >= 15 is 0 Å². The van der Waals surface area contributed by atoms with Crippen LogP contribution in [-0.2, 0) is 34.4 Å². The highest BCUT2D eigenvalue weighted by atomic mass is 32.2. The first-order valence-corrected chi connectivity index (χ1v) is 19.0. The molecule has 280 valence electrons. The number of hydrogen-bond donors (Lipinski definition) is 2. The third kappa shape index (κ3) is 8.21. The fourth-order valence-corrected chi connectivity index (χ4v) is 7.93. The second-order valence-electron chi connectivity index (χ2n) is 12.5. The third-order valence-electron chi connectivity index (χ3n) is 9.20. The summed E-state index contributed by atoms with van der Waals surface area (Å²) in [4.78, 5) is 30.5. The van der Waals surface area contributed by atoms with Gasteiger partial charge in [0, 0.05) is 26.2 Å². The molecule has 1 unspecified atom stereocenters. The summed E-state index contributed by atoms with van der Waals surface area (Å²) in [6, 6.07) is 25.9. The Morgan fingerprint density at radius 3 is 2.04 bits per heavy atom. The molecule has 3 aromatic carbocycles. The first-order chi connectivity index (χ1) is 25.4. The van der Waals surface area contributed by atoms with Gasteiger partial charge in [0.25, 0.3) is 5.17 Å². The van der Waals surface area contributed by atoms with Crippen LogP contribution in [0.1, 0.15) is 29.8 Å². The Labute approximate surface area is 312 Å². The average molecular weight is 765 g/mol. The molecule has 2 fully saturated rings. The quantitative estimate of drug-likeness (QED) is 0.169. The summed E-state index contributed by atoms with van der Waals surface area (Å²) in [6.07, 6.45) is -3.58. The van der Waals surface area contributed by atoms with E-state index in [1.54, 1.807) is 19.1 Å². The maximum absolute atomic E-state index is 13.3. The summed E-state index contributed by atoms with van der Waals surface area (Å²) in [5.41, 5.74) is 0.254. The van der Waals surface area contributed by atoms with Crippen molar-refractivity contribution < 1.29 is 42.0 Å². The Morgan fingerprint density at radius 1 is 0.943 bits per heavy atom. The zero-order chi connectivity index (χ0) is 37.8. The van der Waals surface area contributed by atoms with Gasteiger partial charge in [-0.25, -0.2) is 13.2 Å². The Morgan fingerprint density at radius 2 is 1.51 bits per heavy atom. The first-order valence-electron chi connectivity index (χ1n) is 16.8. The van der Waals surface area contributed by atoms with Gasteiger partial charge in [-0.3, -0.25) is 9.36 Å². The van der Waals surface area contributed by atoms with Crippen molar-refractivity contribution in [2.24, 2.45) is 0 Å². The van der Waals surface area contributed by atoms with Gasteiger partial charge < -0.3 is 39.0 Å². The highest BCUT2D eigenvalue weighted by Gasteiger charge is 2.49. The van der Waals surface area contributed by atoms with Gasteiger partial charge in [0.2, 0.25) is 5.91 Å². The number of ether oxygens (including phenoxy) is 5. The molecule has 2 aliphatic rings. The van der Waals surface area contributed by atoms with Gasteiger partial charge in [0.15, 0.2) is 22.2 Å². The summed E-state index contributed by atoms with van der Waals surface area (Å²) in [7, 11) is -0.0443. The number of aliphatic hydroxyl groups is 1. The van der Waals surface area contributed by atoms with Gasteiger partial charge in [-0.15, -0.1) is 0 Å². The number of aromatic nitrogens is 2. The normalized spacial score (nSPS) is 21.1. The van der Waals surface area contributed by atoms with E-state index in [2.05, 4.69) is 10.3 Å². The van der Waals surface area contributed by atoms with E-state index < -0.39 is 51.6 Å². The van der Waals surface area contributed by atoms with Crippen LogP contribution in [0.5, 0.6) is 11.5 Å². The number of aliphatic hydroxyl groups excluding tert-OH is 1. The highest BCUT2D eigenvalue weighted by molar-refractivity contribution is 7.91. The van der Waals surface area contributed by atoms with E-state index in [-0.39, 0.29) is 42.2 Å². The smallest absolute Gasteiger partial charge is 0.351 e. The van der Waals surface area contributed by atoms with E-state index in [1.165, 1.54) is 19.2 Å². The number of sulfone groups is 1. The zero-order valence-electron chi connectivity index (χ0n) is 29.3. The van der Waals surface area contributed by atoms with Crippen LogP contribution in [-0.4, -0.2) is 103 Å². The molecule has 2 N–H and O–H groups in total. The summed E-state index contributed by atoms with van der Waals surface area (Å²) in [5, 5.41) is 14.3. The van der Waals surface area contributed by atoms with Gasteiger partial charge in [0.1, 0.15) is 35.1 Å². The van der Waals surface area contributed by atoms with Gasteiger partial charge in [-0.05, 0) is 59.2 Å². The van der Waals surface area contributed by atoms with Crippen molar-refractivity contribution in [1.82, 2.24) is 14.5 Å². The molecule has 1 aromatic heterocycles. The number of benzene rings is 3. The third-order valence-corrected chi connectivity index (χ3v) is 11.2. The largest absolute Gasteiger partial charge is 0.497 e. The van der Waals surface area contributed by atoms with Crippen molar-refractivity contribution >= 4 is 39.0 Å². The number of carbonyl (C=O) groups is 1. The monoisotopic (exact) mass is 764 g/mol.